The first kappa shape index (κ1) is 12.1. The molecule has 80 valence electrons. The molecule has 1 aromatic carbocycles. The Labute approximate surface area is 97.7 Å². The summed E-state index contributed by atoms with van der Waals surface area (Å²) in [4.78, 5) is 10.4. The molecule has 15 heavy (non-hydrogen) atoms. The molecule has 0 saturated carbocycles. The number of hydrogen-bond acceptors (Lipinski definition) is 3. The third-order valence-corrected chi connectivity index (χ3v) is 3.66. The average Bonchev–Trinajstić information content (AvgIpc) is 2.17. The molecule has 1 rings (SSSR count). The Morgan fingerprint density at radius 2 is 2.00 bits per heavy atom. The molecule has 0 amide bonds. The van der Waals surface area contributed by atoms with E-state index in [0.717, 1.165) is 0 Å². The van der Waals surface area contributed by atoms with Crippen LogP contribution >= 0.6 is 15.9 Å². The Morgan fingerprint density at radius 1 is 1.47 bits per heavy atom. The van der Waals surface area contributed by atoms with Crippen LogP contribution in [0.3, 0.4) is 0 Å². The van der Waals surface area contributed by atoms with Crippen molar-refractivity contribution < 1.29 is 9.13 Å². The van der Waals surface area contributed by atoms with Crippen LogP contribution in [0.15, 0.2) is 40.2 Å². The van der Waals surface area contributed by atoms with Crippen molar-refractivity contribution in [3.05, 3.63) is 45.4 Å². The average molecular weight is 290 g/mol. The maximum absolute atomic E-state index is 11.6. The Hall–Kier alpha value is -1.01. The lowest BCUT2D eigenvalue weighted by atomic mass is 10.3. The minimum Gasteiger partial charge on any atom is -0.258 e. The van der Waals surface area contributed by atoms with Crippen molar-refractivity contribution >= 4 is 32.4 Å². The summed E-state index contributed by atoms with van der Waals surface area (Å²) in [7, 11) is -1.20. The van der Waals surface area contributed by atoms with Crippen LogP contribution in [0.5, 0.6) is 0 Å². The molecule has 0 saturated heterocycles. The van der Waals surface area contributed by atoms with E-state index in [1.165, 1.54) is 24.3 Å². The minimum atomic E-state index is -1.20. The lowest BCUT2D eigenvalue weighted by Crippen LogP contribution is -1.97. The van der Waals surface area contributed by atoms with Crippen molar-refractivity contribution in [3.8, 4) is 0 Å². The largest absolute Gasteiger partial charge is 0.269 e. The zero-order valence-corrected chi connectivity index (χ0v) is 10.1. The topological polar surface area (TPSA) is 60.2 Å². The van der Waals surface area contributed by atoms with Gasteiger partial charge < -0.3 is 0 Å². The van der Waals surface area contributed by atoms with Crippen molar-refractivity contribution in [3.63, 3.8) is 0 Å². The van der Waals surface area contributed by atoms with Crippen LogP contribution in [0.25, 0.3) is 0 Å². The Bertz CT molecular complexity index is 416. The van der Waals surface area contributed by atoms with Crippen LogP contribution in [0, 0.1) is 10.1 Å². The van der Waals surface area contributed by atoms with Crippen LogP contribution < -0.4 is 0 Å². The van der Waals surface area contributed by atoms with Gasteiger partial charge in [-0.3, -0.25) is 14.3 Å². The van der Waals surface area contributed by atoms with Gasteiger partial charge in [0.25, 0.3) is 5.69 Å². The number of nitro benzene ring substituents is 1. The first-order valence-electron chi connectivity index (χ1n) is 3.97. The van der Waals surface area contributed by atoms with E-state index in [1.54, 1.807) is 0 Å². The molecule has 0 aliphatic heterocycles. The Morgan fingerprint density at radius 3 is 2.40 bits per heavy atom. The van der Waals surface area contributed by atoms with Gasteiger partial charge in [0.2, 0.25) is 0 Å². The maximum atomic E-state index is 11.6. The van der Waals surface area contributed by atoms with Crippen LogP contribution in [0.4, 0.5) is 5.69 Å². The summed E-state index contributed by atoms with van der Waals surface area (Å²) in [6, 6.07) is 5.66. The standard InChI is InChI=1S/C9H8BrNO3S/c1-7(10)6-15(14)9-4-2-8(3-5-9)11(12)13/h2-5H,1,6H2. The first-order chi connectivity index (χ1) is 7.00. The molecule has 6 heteroatoms. The fraction of sp³-hybridized carbons (Fsp3) is 0.111. The number of halogens is 1. The summed E-state index contributed by atoms with van der Waals surface area (Å²) in [5.74, 6) is 0.303. The lowest BCUT2D eigenvalue weighted by Gasteiger charge is -2.00. The van der Waals surface area contributed by atoms with E-state index in [1.807, 2.05) is 0 Å². The highest BCUT2D eigenvalue weighted by molar-refractivity contribution is 9.11. The third kappa shape index (κ3) is 3.56. The highest BCUT2D eigenvalue weighted by Crippen LogP contribution is 2.16. The van der Waals surface area contributed by atoms with E-state index in [9.17, 15) is 14.3 Å². The number of rotatable bonds is 4. The molecule has 0 bridgehead atoms. The monoisotopic (exact) mass is 289 g/mol. The Balaban J connectivity index is 2.84. The van der Waals surface area contributed by atoms with Crippen LogP contribution in [-0.4, -0.2) is 14.9 Å². The van der Waals surface area contributed by atoms with Gasteiger partial charge in [-0.15, -0.1) is 0 Å². The summed E-state index contributed by atoms with van der Waals surface area (Å²) in [6.07, 6.45) is 0. The second kappa shape index (κ2) is 5.18. The second-order valence-corrected chi connectivity index (χ2v) is 5.33. The van der Waals surface area contributed by atoms with E-state index in [2.05, 4.69) is 22.5 Å². The van der Waals surface area contributed by atoms with Gasteiger partial charge in [0.1, 0.15) is 0 Å². The van der Waals surface area contributed by atoms with Crippen LogP contribution in [0.2, 0.25) is 0 Å². The van der Waals surface area contributed by atoms with Crippen molar-refractivity contribution in [2.24, 2.45) is 0 Å². The van der Waals surface area contributed by atoms with Crippen LogP contribution in [0.1, 0.15) is 0 Å². The van der Waals surface area contributed by atoms with Gasteiger partial charge in [0, 0.05) is 21.5 Å². The first-order valence-corrected chi connectivity index (χ1v) is 6.08. The molecule has 0 aliphatic rings. The van der Waals surface area contributed by atoms with E-state index in [4.69, 9.17) is 0 Å². The van der Waals surface area contributed by atoms with Gasteiger partial charge in [-0.2, -0.15) is 0 Å². The predicted octanol–water partition coefficient (Wildman–Crippen LogP) is 2.61. The van der Waals surface area contributed by atoms with Crippen molar-refractivity contribution in [2.45, 2.75) is 4.90 Å². The van der Waals surface area contributed by atoms with Crippen LogP contribution in [-0.2, 0) is 10.8 Å². The summed E-state index contributed by atoms with van der Waals surface area (Å²) in [5, 5.41) is 10.4. The van der Waals surface area contributed by atoms with Gasteiger partial charge >= 0.3 is 0 Å². The van der Waals surface area contributed by atoms with Gasteiger partial charge in [-0.25, -0.2) is 0 Å². The van der Waals surface area contributed by atoms with Crippen molar-refractivity contribution in [1.82, 2.24) is 0 Å². The van der Waals surface area contributed by atoms with E-state index in [-0.39, 0.29) is 5.69 Å². The summed E-state index contributed by atoms with van der Waals surface area (Å²) >= 11 is 3.11. The van der Waals surface area contributed by atoms with Gasteiger partial charge in [0.15, 0.2) is 0 Å². The third-order valence-electron chi connectivity index (χ3n) is 1.60. The quantitative estimate of drug-likeness (QED) is 0.632. The molecule has 0 N–H and O–H groups in total. The maximum Gasteiger partial charge on any atom is 0.269 e. The summed E-state index contributed by atoms with van der Waals surface area (Å²) in [6.45, 7) is 3.58. The molecule has 1 aromatic rings. The lowest BCUT2D eigenvalue weighted by molar-refractivity contribution is -0.384. The molecular weight excluding hydrogens is 282 g/mol. The van der Waals surface area contributed by atoms with E-state index >= 15 is 0 Å². The fourth-order valence-corrected chi connectivity index (χ4v) is 2.46. The molecule has 1 atom stereocenters. The van der Waals surface area contributed by atoms with Gasteiger partial charge in [-0.05, 0) is 12.1 Å². The van der Waals surface area contributed by atoms with Gasteiger partial charge in [-0.1, -0.05) is 22.5 Å². The summed E-state index contributed by atoms with van der Waals surface area (Å²) < 4.78 is 12.2. The highest BCUT2D eigenvalue weighted by atomic mass is 79.9. The molecule has 0 aliphatic carbocycles. The molecule has 0 aromatic heterocycles. The highest BCUT2D eigenvalue weighted by Gasteiger charge is 2.08. The number of nitrogens with zero attached hydrogens (tertiary/aromatic N) is 1. The zero-order valence-electron chi connectivity index (χ0n) is 7.68. The van der Waals surface area contributed by atoms with E-state index in [0.29, 0.717) is 15.1 Å². The molecule has 0 radical (unpaired) electrons. The van der Waals surface area contributed by atoms with Gasteiger partial charge in [0.05, 0.1) is 21.5 Å². The molecule has 0 spiro atoms. The number of hydrogen-bond donors (Lipinski definition) is 0. The van der Waals surface area contributed by atoms with E-state index < -0.39 is 15.7 Å². The van der Waals surface area contributed by atoms with Crippen molar-refractivity contribution in [2.75, 3.05) is 5.75 Å². The number of benzene rings is 1. The minimum absolute atomic E-state index is 0.00609. The molecule has 4 nitrogen and oxygen atoms in total. The zero-order chi connectivity index (χ0) is 11.4. The smallest absolute Gasteiger partial charge is 0.258 e. The molecular formula is C9H8BrNO3S. The second-order valence-electron chi connectivity index (χ2n) is 2.76. The fourth-order valence-electron chi connectivity index (χ4n) is 0.945. The molecule has 0 heterocycles. The Kier molecular flexibility index (Phi) is 4.16. The van der Waals surface area contributed by atoms with Crippen molar-refractivity contribution in [1.29, 1.82) is 0 Å². The normalized spacial score (nSPS) is 12.1. The summed E-state index contributed by atoms with van der Waals surface area (Å²) in [5.41, 5.74) is -0.00609. The predicted molar refractivity (Wildman–Crippen MR) is 62.4 cm³/mol. The number of nitro groups is 1. The number of non-ortho nitro benzene ring substituents is 1. The molecule has 1 unspecified atom stereocenters. The SMILES string of the molecule is C=C(Br)CS(=O)c1ccc([N+](=O)[O-])cc1. The molecule has 0 fully saturated rings.